The maximum atomic E-state index is 12.8. The minimum Gasteiger partial charge on any atom is -0.481 e. The summed E-state index contributed by atoms with van der Waals surface area (Å²) in [4.78, 5) is 30.2. The lowest BCUT2D eigenvalue weighted by molar-refractivity contribution is -0.137. The number of aromatic nitrogens is 1. The largest absolute Gasteiger partial charge is 0.481 e. The Balaban J connectivity index is 1.49. The Morgan fingerprint density at radius 1 is 1.21 bits per heavy atom. The lowest BCUT2D eigenvalue weighted by Crippen LogP contribution is -2.29. The lowest BCUT2D eigenvalue weighted by atomic mass is 10.0. The van der Waals surface area contributed by atoms with Gasteiger partial charge in [-0.25, -0.2) is 4.98 Å². The number of nitrogens with zero attached hydrogens (tertiary/aromatic N) is 2. The maximum Gasteiger partial charge on any atom is 0.303 e. The van der Waals surface area contributed by atoms with Gasteiger partial charge in [0.15, 0.2) is 11.5 Å². The zero-order valence-electron chi connectivity index (χ0n) is 17.7. The van der Waals surface area contributed by atoms with E-state index in [9.17, 15) is 14.7 Å². The Bertz CT molecular complexity index is 1130. The van der Waals surface area contributed by atoms with E-state index in [2.05, 4.69) is 4.98 Å². The summed E-state index contributed by atoms with van der Waals surface area (Å²) in [6.45, 7) is 0.424. The molecule has 3 heterocycles. The number of amides is 1. The van der Waals surface area contributed by atoms with E-state index in [1.54, 1.807) is 29.2 Å². The van der Waals surface area contributed by atoms with E-state index in [-0.39, 0.29) is 25.7 Å². The number of carbonyl (C=O) groups is 2. The molecule has 0 unspecified atom stereocenters. The van der Waals surface area contributed by atoms with Crippen molar-refractivity contribution in [2.45, 2.75) is 32.3 Å². The summed E-state index contributed by atoms with van der Waals surface area (Å²) in [5.74, 6) is 0.198. The Morgan fingerprint density at radius 3 is 2.76 bits per heavy atom. The molecule has 0 bridgehead atoms. The summed E-state index contributed by atoms with van der Waals surface area (Å²) >= 11 is 6.60. The predicted octanol–water partition coefficient (Wildman–Crippen LogP) is 3.82. The molecule has 1 fully saturated rings. The number of carbonyl (C=O) groups excluding carboxylic acids is 1. The Labute approximate surface area is 200 Å². The van der Waals surface area contributed by atoms with Crippen molar-refractivity contribution >= 4 is 46.3 Å². The number of hydrogen-bond donors (Lipinski definition) is 2. The molecule has 1 aromatic carbocycles. The summed E-state index contributed by atoms with van der Waals surface area (Å²) in [5, 5.41) is 18.5. The van der Waals surface area contributed by atoms with Crippen LogP contribution in [-0.2, 0) is 16.2 Å². The van der Waals surface area contributed by atoms with Gasteiger partial charge in [0.1, 0.15) is 4.32 Å². The molecule has 33 heavy (non-hydrogen) atoms. The van der Waals surface area contributed by atoms with Crippen LogP contribution in [0.15, 0.2) is 35.2 Å². The number of benzene rings is 1. The molecule has 1 amide bonds. The third-order valence-electron chi connectivity index (χ3n) is 5.24. The van der Waals surface area contributed by atoms with E-state index < -0.39 is 5.97 Å². The van der Waals surface area contributed by atoms with Crippen LogP contribution in [0.1, 0.15) is 36.9 Å². The molecule has 172 valence electrons. The highest BCUT2D eigenvalue weighted by molar-refractivity contribution is 8.26. The number of fused-ring (bicyclic) bond motifs is 1. The van der Waals surface area contributed by atoms with Crippen molar-refractivity contribution in [3.8, 4) is 22.8 Å². The summed E-state index contributed by atoms with van der Waals surface area (Å²) in [7, 11) is 0. The number of aliphatic hydroxyl groups is 1. The van der Waals surface area contributed by atoms with Gasteiger partial charge >= 0.3 is 5.97 Å². The number of aliphatic hydroxyl groups excluding tert-OH is 1. The van der Waals surface area contributed by atoms with E-state index in [1.807, 2.05) is 12.1 Å². The minimum absolute atomic E-state index is 0.127. The van der Waals surface area contributed by atoms with E-state index in [1.165, 1.54) is 11.8 Å². The Hall–Kier alpha value is -2.95. The first kappa shape index (κ1) is 23.2. The standard InChI is InChI=1S/C23H22N2O6S2/c26-12-14-9-18-19(31-13-30-18)11-16(14)17-6-4-5-15(24-17)10-20-22(29)25(23(32)33-20)8-3-1-2-7-21(27)28/h4-6,9-11,26H,1-3,7-8,12-13H2,(H,27,28). The fourth-order valence-corrected chi connectivity index (χ4v) is 4.88. The molecular weight excluding hydrogens is 464 g/mol. The van der Waals surface area contributed by atoms with Crippen molar-refractivity contribution in [3.05, 3.63) is 46.5 Å². The fourth-order valence-electron chi connectivity index (χ4n) is 3.59. The molecule has 0 spiro atoms. The zero-order chi connectivity index (χ0) is 23.4. The topological polar surface area (TPSA) is 109 Å². The smallest absolute Gasteiger partial charge is 0.303 e. The van der Waals surface area contributed by atoms with Gasteiger partial charge in [-0.2, -0.15) is 0 Å². The van der Waals surface area contributed by atoms with Crippen LogP contribution in [0, 0.1) is 0 Å². The van der Waals surface area contributed by atoms with Crippen LogP contribution >= 0.6 is 24.0 Å². The normalized spacial score (nSPS) is 16.2. The SMILES string of the molecule is O=C(O)CCCCCN1C(=O)C(=Cc2cccc(-c3cc4c(cc3CO)OCO4)n2)SC1=S. The van der Waals surface area contributed by atoms with Crippen LogP contribution in [-0.4, -0.2) is 49.6 Å². The zero-order valence-corrected chi connectivity index (χ0v) is 19.3. The Morgan fingerprint density at radius 2 is 2.00 bits per heavy atom. The molecule has 1 saturated heterocycles. The molecule has 0 radical (unpaired) electrons. The molecule has 2 aliphatic heterocycles. The number of thiocarbonyl (C=S) groups is 1. The molecule has 2 N–H and O–H groups in total. The monoisotopic (exact) mass is 486 g/mol. The number of hydrogen-bond acceptors (Lipinski definition) is 8. The number of pyridine rings is 1. The van der Waals surface area contributed by atoms with Gasteiger partial charge in [-0.15, -0.1) is 0 Å². The highest BCUT2D eigenvalue weighted by atomic mass is 32.2. The summed E-state index contributed by atoms with van der Waals surface area (Å²) in [5.41, 5.74) is 2.63. The van der Waals surface area contributed by atoms with Gasteiger partial charge in [-0.1, -0.05) is 36.5 Å². The van der Waals surface area contributed by atoms with Crippen LogP contribution in [0.3, 0.4) is 0 Å². The average Bonchev–Trinajstić information content (AvgIpc) is 3.36. The average molecular weight is 487 g/mol. The number of thioether (sulfide) groups is 1. The first-order chi connectivity index (χ1) is 16.0. The van der Waals surface area contributed by atoms with E-state index in [0.29, 0.717) is 63.5 Å². The highest BCUT2D eigenvalue weighted by Gasteiger charge is 2.31. The van der Waals surface area contributed by atoms with Crippen molar-refractivity contribution < 1.29 is 29.3 Å². The fraction of sp³-hybridized carbons (Fsp3) is 0.304. The van der Waals surface area contributed by atoms with E-state index in [4.69, 9.17) is 26.8 Å². The third kappa shape index (κ3) is 5.35. The van der Waals surface area contributed by atoms with Crippen molar-refractivity contribution in [2.24, 2.45) is 0 Å². The highest BCUT2D eigenvalue weighted by Crippen LogP contribution is 2.39. The molecule has 8 nitrogen and oxygen atoms in total. The van der Waals surface area contributed by atoms with Crippen molar-refractivity contribution in [1.29, 1.82) is 0 Å². The van der Waals surface area contributed by atoms with Gasteiger partial charge in [-0.3, -0.25) is 14.5 Å². The molecule has 0 saturated carbocycles. The van der Waals surface area contributed by atoms with Gasteiger partial charge in [0.05, 0.1) is 22.9 Å². The third-order valence-corrected chi connectivity index (χ3v) is 6.62. The van der Waals surface area contributed by atoms with E-state index in [0.717, 1.165) is 5.56 Å². The van der Waals surface area contributed by atoms with Crippen LogP contribution in [0.2, 0.25) is 0 Å². The molecule has 0 aliphatic carbocycles. The van der Waals surface area contributed by atoms with Crippen LogP contribution in [0.25, 0.3) is 17.3 Å². The number of carboxylic acids is 1. The first-order valence-electron chi connectivity index (χ1n) is 10.4. The summed E-state index contributed by atoms with van der Waals surface area (Å²) in [6.07, 6.45) is 3.82. The van der Waals surface area contributed by atoms with Crippen molar-refractivity contribution in [2.75, 3.05) is 13.3 Å². The van der Waals surface area contributed by atoms with Crippen LogP contribution < -0.4 is 9.47 Å². The minimum atomic E-state index is -0.815. The second-order valence-electron chi connectivity index (χ2n) is 7.51. The molecule has 2 aromatic rings. The van der Waals surface area contributed by atoms with Gasteiger partial charge in [-0.05, 0) is 48.7 Å². The second-order valence-corrected chi connectivity index (χ2v) is 9.18. The second kappa shape index (κ2) is 10.3. The molecule has 1 aromatic heterocycles. The number of ether oxygens (including phenoxy) is 2. The summed E-state index contributed by atoms with van der Waals surface area (Å²) in [6, 6.07) is 9.00. The van der Waals surface area contributed by atoms with Crippen molar-refractivity contribution in [3.63, 3.8) is 0 Å². The van der Waals surface area contributed by atoms with Crippen LogP contribution in [0.5, 0.6) is 11.5 Å². The van der Waals surface area contributed by atoms with E-state index >= 15 is 0 Å². The van der Waals surface area contributed by atoms with Gasteiger partial charge < -0.3 is 19.7 Å². The number of unbranched alkanes of at least 4 members (excludes halogenated alkanes) is 2. The van der Waals surface area contributed by atoms with Crippen LogP contribution in [0.4, 0.5) is 0 Å². The number of carboxylic acid groups (broad SMARTS) is 1. The number of rotatable bonds is 9. The Kier molecular flexibility index (Phi) is 7.26. The quantitative estimate of drug-likeness (QED) is 0.311. The van der Waals surface area contributed by atoms with Gasteiger partial charge in [0.25, 0.3) is 5.91 Å². The summed E-state index contributed by atoms with van der Waals surface area (Å²) < 4.78 is 11.3. The number of aliphatic carboxylic acids is 1. The molecular formula is C23H22N2O6S2. The van der Waals surface area contributed by atoms with Gasteiger partial charge in [0, 0.05) is 18.5 Å². The lowest BCUT2D eigenvalue weighted by Gasteiger charge is -2.13. The molecule has 10 heteroatoms. The van der Waals surface area contributed by atoms with Gasteiger partial charge in [0.2, 0.25) is 6.79 Å². The predicted molar refractivity (Wildman–Crippen MR) is 128 cm³/mol. The molecule has 4 rings (SSSR count). The maximum absolute atomic E-state index is 12.8. The first-order valence-corrected chi connectivity index (χ1v) is 11.7. The molecule has 0 atom stereocenters. The van der Waals surface area contributed by atoms with Crippen molar-refractivity contribution in [1.82, 2.24) is 9.88 Å². The molecule has 2 aliphatic rings.